The van der Waals surface area contributed by atoms with E-state index in [0.29, 0.717) is 6.42 Å². The van der Waals surface area contributed by atoms with Crippen molar-refractivity contribution < 1.29 is 5.11 Å². The van der Waals surface area contributed by atoms with Gasteiger partial charge in [-0.05, 0) is 30.5 Å². The second-order valence-corrected chi connectivity index (χ2v) is 3.23. The summed E-state index contributed by atoms with van der Waals surface area (Å²) in [6.07, 6.45) is 0.587. The van der Waals surface area contributed by atoms with Gasteiger partial charge in [-0.3, -0.25) is 0 Å². The molecule has 0 aliphatic heterocycles. The van der Waals surface area contributed by atoms with Crippen molar-refractivity contribution in [2.24, 2.45) is 5.73 Å². The van der Waals surface area contributed by atoms with Crippen molar-refractivity contribution >= 4 is 5.69 Å². The number of aliphatic hydroxyl groups is 1. The largest absolute Gasteiger partial charge is 0.399 e. The Morgan fingerprint density at radius 3 is 2.69 bits per heavy atom. The molecular weight excluding hydrogens is 164 g/mol. The van der Waals surface area contributed by atoms with E-state index >= 15 is 0 Å². The molecule has 0 spiro atoms. The number of hydrogen-bond donors (Lipinski definition) is 3. The quantitative estimate of drug-likeness (QED) is 0.607. The lowest BCUT2D eigenvalue weighted by Gasteiger charge is -2.11. The summed E-state index contributed by atoms with van der Waals surface area (Å²) in [5, 5.41) is 8.72. The lowest BCUT2D eigenvalue weighted by atomic mass is 10.0. The van der Waals surface area contributed by atoms with Crippen LogP contribution in [0.4, 0.5) is 5.69 Å². The van der Waals surface area contributed by atoms with Crippen molar-refractivity contribution in [3.05, 3.63) is 29.3 Å². The first kappa shape index (κ1) is 10.0. The van der Waals surface area contributed by atoms with Crippen LogP contribution in [0, 0.1) is 6.92 Å². The van der Waals surface area contributed by atoms with Crippen LogP contribution in [0.25, 0.3) is 0 Å². The van der Waals surface area contributed by atoms with Gasteiger partial charge in [0.05, 0.1) is 0 Å². The number of aliphatic hydroxyl groups excluding tert-OH is 1. The fourth-order valence-electron chi connectivity index (χ4n) is 1.24. The van der Waals surface area contributed by atoms with Gasteiger partial charge in [0, 0.05) is 18.3 Å². The molecule has 1 unspecified atom stereocenters. The van der Waals surface area contributed by atoms with Crippen LogP contribution in [0.3, 0.4) is 0 Å². The van der Waals surface area contributed by atoms with Crippen LogP contribution in [0.15, 0.2) is 18.2 Å². The molecule has 72 valence electrons. The molecule has 0 radical (unpaired) electrons. The SMILES string of the molecule is Cc1cc(C(N)CCO)ccc1N. The normalized spacial score (nSPS) is 12.8. The Bertz CT molecular complexity index is 286. The maximum absolute atomic E-state index is 8.72. The van der Waals surface area contributed by atoms with Crippen LogP contribution in [-0.4, -0.2) is 11.7 Å². The van der Waals surface area contributed by atoms with Crippen molar-refractivity contribution in [2.75, 3.05) is 12.3 Å². The van der Waals surface area contributed by atoms with Crippen molar-refractivity contribution in [2.45, 2.75) is 19.4 Å². The number of benzene rings is 1. The Morgan fingerprint density at radius 1 is 1.46 bits per heavy atom. The van der Waals surface area contributed by atoms with Crippen LogP contribution in [-0.2, 0) is 0 Å². The standard InChI is InChI=1S/C10H16N2O/c1-7-6-8(2-3-9(7)11)10(12)4-5-13/h2-3,6,10,13H,4-5,11-12H2,1H3. The molecule has 5 N–H and O–H groups in total. The van der Waals surface area contributed by atoms with Gasteiger partial charge < -0.3 is 16.6 Å². The third kappa shape index (κ3) is 2.44. The molecule has 0 heterocycles. The number of rotatable bonds is 3. The molecule has 0 fully saturated rings. The minimum atomic E-state index is -0.0932. The molecule has 3 heteroatoms. The predicted molar refractivity (Wildman–Crippen MR) is 54.2 cm³/mol. The van der Waals surface area contributed by atoms with E-state index in [0.717, 1.165) is 16.8 Å². The summed E-state index contributed by atoms with van der Waals surface area (Å²) in [5.41, 5.74) is 14.3. The van der Waals surface area contributed by atoms with Gasteiger partial charge in [0.25, 0.3) is 0 Å². The van der Waals surface area contributed by atoms with E-state index in [1.165, 1.54) is 0 Å². The second-order valence-electron chi connectivity index (χ2n) is 3.23. The number of anilines is 1. The Kier molecular flexibility index (Phi) is 3.28. The molecule has 1 rings (SSSR count). The highest BCUT2D eigenvalue weighted by atomic mass is 16.3. The van der Waals surface area contributed by atoms with Gasteiger partial charge in [0.15, 0.2) is 0 Å². The van der Waals surface area contributed by atoms with Crippen molar-refractivity contribution in [1.82, 2.24) is 0 Å². The third-order valence-electron chi connectivity index (χ3n) is 2.16. The lowest BCUT2D eigenvalue weighted by Crippen LogP contribution is -2.12. The highest BCUT2D eigenvalue weighted by Gasteiger charge is 2.05. The molecule has 0 aliphatic rings. The number of aryl methyl sites for hydroxylation is 1. The monoisotopic (exact) mass is 180 g/mol. The minimum Gasteiger partial charge on any atom is -0.399 e. The van der Waals surface area contributed by atoms with Crippen LogP contribution in [0.1, 0.15) is 23.6 Å². The Labute approximate surface area is 78.4 Å². The molecule has 0 amide bonds. The first-order valence-corrected chi connectivity index (χ1v) is 4.37. The van der Waals surface area contributed by atoms with E-state index < -0.39 is 0 Å². The molecule has 1 aromatic carbocycles. The highest BCUT2D eigenvalue weighted by molar-refractivity contribution is 5.48. The van der Waals surface area contributed by atoms with Crippen molar-refractivity contribution in [3.8, 4) is 0 Å². The van der Waals surface area contributed by atoms with Gasteiger partial charge in [-0.1, -0.05) is 12.1 Å². The van der Waals surface area contributed by atoms with Gasteiger partial charge in [-0.2, -0.15) is 0 Å². The maximum Gasteiger partial charge on any atom is 0.0449 e. The fourth-order valence-corrected chi connectivity index (χ4v) is 1.24. The number of nitrogen functional groups attached to an aromatic ring is 1. The van der Waals surface area contributed by atoms with Gasteiger partial charge in [0.1, 0.15) is 0 Å². The van der Waals surface area contributed by atoms with Gasteiger partial charge in [-0.15, -0.1) is 0 Å². The summed E-state index contributed by atoms with van der Waals surface area (Å²) < 4.78 is 0. The van der Waals surface area contributed by atoms with Gasteiger partial charge in [-0.25, -0.2) is 0 Å². The molecule has 0 saturated carbocycles. The highest BCUT2D eigenvalue weighted by Crippen LogP contribution is 2.18. The van der Waals surface area contributed by atoms with E-state index in [1.54, 1.807) is 0 Å². The Morgan fingerprint density at radius 2 is 2.15 bits per heavy atom. The molecule has 3 nitrogen and oxygen atoms in total. The zero-order chi connectivity index (χ0) is 9.84. The Balaban J connectivity index is 2.84. The molecular formula is C10H16N2O. The summed E-state index contributed by atoms with van der Waals surface area (Å²) in [6.45, 7) is 2.06. The summed E-state index contributed by atoms with van der Waals surface area (Å²) in [5.74, 6) is 0. The molecule has 0 aliphatic carbocycles. The van der Waals surface area contributed by atoms with Crippen LogP contribution < -0.4 is 11.5 Å². The predicted octanol–water partition coefficient (Wildman–Crippen LogP) is 0.959. The zero-order valence-electron chi connectivity index (χ0n) is 7.83. The van der Waals surface area contributed by atoms with Crippen LogP contribution >= 0.6 is 0 Å². The maximum atomic E-state index is 8.72. The number of hydrogen-bond acceptors (Lipinski definition) is 3. The van der Waals surface area contributed by atoms with Crippen LogP contribution in [0.2, 0.25) is 0 Å². The topological polar surface area (TPSA) is 72.3 Å². The summed E-state index contributed by atoms with van der Waals surface area (Å²) in [6, 6.07) is 5.63. The molecule has 0 aromatic heterocycles. The van der Waals surface area contributed by atoms with Crippen LogP contribution in [0.5, 0.6) is 0 Å². The fraction of sp³-hybridized carbons (Fsp3) is 0.400. The van der Waals surface area contributed by atoms with Gasteiger partial charge in [0.2, 0.25) is 0 Å². The lowest BCUT2D eigenvalue weighted by molar-refractivity contribution is 0.276. The van der Waals surface area contributed by atoms with E-state index in [1.807, 2.05) is 25.1 Å². The molecule has 0 bridgehead atoms. The average molecular weight is 180 g/mol. The average Bonchev–Trinajstić information content (AvgIpc) is 2.10. The molecule has 0 saturated heterocycles. The van der Waals surface area contributed by atoms with Gasteiger partial charge >= 0.3 is 0 Å². The summed E-state index contributed by atoms with van der Waals surface area (Å²) >= 11 is 0. The number of nitrogens with two attached hydrogens (primary N) is 2. The first-order chi connectivity index (χ1) is 6.15. The second kappa shape index (κ2) is 4.25. The van der Waals surface area contributed by atoms with E-state index in [2.05, 4.69) is 0 Å². The van der Waals surface area contributed by atoms with E-state index in [9.17, 15) is 0 Å². The van der Waals surface area contributed by atoms with E-state index in [4.69, 9.17) is 16.6 Å². The zero-order valence-corrected chi connectivity index (χ0v) is 7.83. The van der Waals surface area contributed by atoms with Crippen molar-refractivity contribution in [3.63, 3.8) is 0 Å². The smallest absolute Gasteiger partial charge is 0.0449 e. The molecule has 13 heavy (non-hydrogen) atoms. The summed E-state index contributed by atoms with van der Waals surface area (Å²) in [4.78, 5) is 0. The third-order valence-corrected chi connectivity index (χ3v) is 2.16. The van der Waals surface area contributed by atoms with E-state index in [-0.39, 0.29) is 12.6 Å². The minimum absolute atomic E-state index is 0.0932. The summed E-state index contributed by atoms with van der Waals surface area (Å²) in [7, 11) is 0. The van der Waals surface area contributed by atoms with Crippen molar-refractivity contribution in [1.29, 1.82) is 0 Å². The molecule has 1 aromatic rings. The molecule has 1 atom stereocenters. The first-order valence-electron chi connectivity index (χ1n) is 4.37. The Hall–Kier alpha value is -1.06.